The third-order valence-electron chi connectivity index (χ3n) is 1.01. The van der Waals surface area contributed by atoms with Gasteiger partial charge < -0.3 is 15.9 Å². The number of aliphatic hydroxyl groups is 1. The molecular weight excluding hydrogens is 118 g/mol. The van der Waals surface area contributed by atoms with E-state index in [1.54, 1.807) is 0 Å². The molecule has 0 fully saturated rings. The monoisotopic (exact) mass is 135 g/mol. The topological polar surface area (TPSA) is 63.8 Å². The van der Waals surface area contributed by atoms with E-state index >= 15 is 0 Å². The minimum Gasteiger partial charge on any atom is -0.412 e. The Bertz CT molecular complexity index is 36.0. The first-order chi connectivity index (χ1) is 3.91. The third kappa shape index (κ3) is 11.4. The number of aliphatic hydroxyl groups excluding tert-OH is 1. The summed E-state index contributed by atoms with van der Waals surface area (Å²) in [6.07, 6.45) is 2.01. The molecule has 0 atom stereocenters. The Morgan fingerprint density at radius 3 is 2.44 bits per heavy atom. The highest BCUT2D eigenvalue weighted by Gasteiger charge is 1.82. The van der Waals surface area contributed by atoms with Gasteiger partial charge in [-0.05, 0) is 25.9 Å². The summed E-state index contributed by atoms with van der Waals surface area (Å²) in [6, 6.07) is 0. The second-order valence-corrected chi connectivity index (χ2v) is 1.78. The summed E-state index contributed by atoms with van der Waals surface area (Å²) in [7, 11) is 0. The first-order valence-electron chi connectivity index (χ1n) is 3.23. The van der Waals surface area contributed by atoms with E-state index in [1.165, 1.54) is 0 Å². The molecule has 0 heterocycles. The highest BCUT2D eigenvalue weighted by Crippen LogP contribution is 1.81. The zero-order valence-corrected chi connectivity index (χ0v) is 5.98. The van der Waals surface area contributed by atoms with E-state index in [0.29, 0.717) is 6.61 Å². The zero-order valence-electron chi connectivity index (χ0n) is 5.98. The molecule has 0 aliphatic rings. The van der Waals surface area contributed by atoms with Crippen molar-refractivity contribution in [1.82, 2.24) is 5.32 Å². The van der Waals surface area contributed by atoms with E-state index in [4.69, 9.17) is 5.11 Å². The smallest absolute Gasteiger partial charge is 0.0431 e. The van der Waals surface area contributed by atoms with E-state index in [0.717, 1.165) is 25.9 Å². The number of hydrogen-bond acceptors (Lipinski definition) is 2. The normalized spacial score (nSPS) is 8.67. The molecule has 58 valence electrons. The summed E-state index contributed by atoms with van der Waals surface area (Å²) in [5.74, 6) is 0. The van der Waals surface area contributed by atoms with Crippen LogP contribution in [0.5, 0.6) is 0 Å². The molecule has 0 aliphatic heterocycles. The quantitative estimate of drug-likeness (QED) is 0.501. The predicted octanol–water partition coefficient (Wildman–Crippen LogP) is -0.456. The lowest BCUT2D eigenvalue weighted by molar-refractivity contribution is 0.284. The number of rotatable bonds is 5. The van der Waals surface area contributed by atoms with Gasteiger partial charge >= 0.3 is 0 Å². The first kappa shape index (κ1) is 11.6. The van der Waals surface area contributed by atoms with Gasteiger partial charge in [0.05, 0.1) is 0 Å². The minimum absolute atomic E-state index is 0. The molecule has 0 amide bonds. The van der Waals surface area contributed by atoms with Gasteiger partial charge in [-0.25, -0.2) is 0 Å². The lowest BCUT2D eigenvalue weighted by atomic mass is 10.3. The van der Waals surface area contributed by atoms with E-state index in [9.17, 15) is 0 Å². The molecule has 0 rings (SSSR count). The van der Waals surface area contributed by atoms with Crippen LogP contribution in [0.1, 0.15) is 19.8 Å². The summed E-state index contributed by atoms with van der Waals surface area (Å²) >= 11 is 0. The van der Waals surface area contributed by atoms with Crippen LogP contribution in [-0.2, 0) is 0 Å². The van der Waals surface area contributed by atoms with E-state index in [1.807, 2.05) is 0 Å². The second-order valence-electron chi connectivity index (χ2n) is 1.78. The van der Waals surface area contributed by atoms with Crippen LogP contribution in [0.4, 0.5) is 0 Å². The number of hydrogen-bond donors (Lipinski definition) is 2. The number of nitrogens with one attached hydrogen (secondary N) is 1. The van der Waals surface area contributed by atoms with E-state index in [-0.39, 0.29) is 5.48 Å². The van der Waals surface area contributed by atoms with Crippen molar-refractivity contribution in [3.63, 3.8) is 0 Å². The first-order valence-corrected chi connectivity index (χ1v) is 3.23. The fourth-order valence-corrected chi connectivity index (χ4v) is 0.539. The van der Waals surface area contributed by atoms with Gasteiger partial charge in [0.25, 0.3) is 0 Å². The molecule has 0 bridgehead atoms. The largest absolute Gasteiger partial charge is 0.412 e. The van der Waals surface area contributed by atoms with Crippen molar-refractivity contribution in [3.8, 4) is 0 Å². The van der Waals surface area contributed by atoms with Crippen molar-refractivity contribution in [2.24, 2.45) is 0 Å². The fraction of sp³-hybridized carbons (Fsp3) is 1.00. The molecule has 3 heteroatoms. The lowest BCUT2D eigenvalue weighted by Crippen LogP contribution is -2.13. The molecule has 0 aromatic rings. The van der Waals surface area contributed by atoms with Crippen LogP contribution in [-0.4, -0.2) is 30.3 Å². The molecule has 0 spiro atoms. The Hall–Kier alpha value is -0.120. The van der Waals surface area contributed by atoms with Crippen LogP contribution in [0, 0.1) is 0 Å². The van der Waals surface area contributed by atoms with E-state index < -0.39 is 0 Å². The Balaban J connectivity index is 0. The van der Waals surface area contributed by atoms with Gasteiger partial charge in [0, 0.05) is 6.61 Å². The molecule has 0 aromatic heterocycles. The van der Waals surface area contributed by atoms with Crippen molar-refractivity contribution in [3.05, 3.63) is 0 Å². The van der Waals surface area contributed by atoms with Crippen LogP contribution < -0.4 is 5.32 Å². The van der Waals surface area contributed by atoms with Crippen LogP contribution in [0.2, 0.25) is 0 Å². The summed E-state index contributed by atoms with van der Waals surface area (Å²) in [6.45, 7) is 4.48. The fourth-order valence-electron chi connectivity index (χ4n) is 0.539. The van der Waals surface area contributed by atoms with Crippen molar-refractivity contribution >= 4 is 0 Å². The molecule has 0 aliphatic carbocycles. The van der Waals surface area contributed by atoms with Gasteiger partial charge in [-0.1, -0.05) is 6.92 Å². The van der Waals surface area contributed by atoms with Crippen LogP contribution in [0.15, 0.2) is 0 Å². The molecule has 0 unspecified atom stereocenters. The summed E-state index contributed by atoms with van der Waals surface area (Å²) in [4.78, 5) is 0. The Labute approximate surface area is 56.4 Å². The van der Waals surface area contributed by atoms with Crippen LogP contribution in [0.25, 0.3) is 0 Å². The second kappa shape index (κ2) is 10.8. The maximum absolute atomic E-state index is 8.34. The van der Waals surface area contributed by atoms with Gasteiger partial charge in [0.1, 0.15) is 0 Å². The maximum atomic E-state index is 8.34. The Morgan fingerprint density at radius 1 is 1.33 bits per heavy atom. The minimum atomic E-state index is 0. The molecule has 3 nitrogen and oxygen atoms in total. The van der Waals surface area contributed by atoms with Gasteiger partial charge in [0.15, 0.2) is 0 Å². The Kier molecular flexibility index (Phi) is 14.0. The summed E-state index contributed by atoms with van der Waals surface area (Å²) in [5, 5.41) is 11.5. The summed E-state index contributed by atoms with van der Waals surface area (Å²) < 4.78 is 0. The van der Waals surface area contributed by atoms with Crippen LogP contribution >= 0.6 is 0 Å². The molecule has 9 heavy (non-hydrogen) atoms. The van der Waals surface area contributed by atoms with Gasteiger partial charge in [-0.15, -0.1) is 0 Å². The maximum Gasteiger partial charge on any atom is 0.0431 e. The molecule has 4 N–H and O–H groups in total. The van der Waals surface area contributed by atoms with Gasteiger partial charge in [0.2, 0.25) is 0 Å². The predicted molar refractivity (Wildman–Crippen MR) is 38.5 cm³/mol. The van der Waals surface area contributed by atoms with Gasteiger partial charge in [-0.2, -0.15) is 0 Å². The van der Waals surface area contributed by atoms with Crippen LogP contribution in [0.3, 0.4) is 0 Å². The van der Waals surface area contributed by atoms with Crippen molar-refractivity contribution in [2.75, 3.05) is 19.7 Å². The standard InChI is InChI=1S/C6H15NO.H2O/c1-2-7-5-3-4-6-8;/h7-8H,2-6H2,1H3;1H2. The summed E-state index contributed by atoms with van der Waals surface area (Å²) in [5.41, 5.74) is 0. The van der Waals surface area contributed by atoms with E-state index in [2.05, 4.69) is 12.2 Å². The molecule has 0 radical (unpaired) electrons. The van der Waals surface area contributed by atoms with Crippen molar-refractivity contribution in [1.29, 1.82) is 0 Å². The van der Waals surface area contributed by atoms with Gasteiger partial charge in [-0.3, -0.25) is 0 Å². The third-order valence-corrected chi connectivity index (χ3v) is 1.01. The Morgan fingerprint density at radius 2 is 2.00 bits per heavy atom. The van der Waals surface area contributed by atoms with Crippen molar-refractivity contribution < 1.29 is 10.6 Å². The SMILES string of the molecule is CCNCCCCO.O. The molecule has 0 aromatic carbocycles. The molecule has 0 saturated heterocycles. The highest BCUT2D eigenvalue weighted by molar-refractivity contribution is 4.42. The average molecular weight is 135 g/mol. The molecule has 0 saturated carbocycles. The van der Waals surface area contributed by atoms with Crippen molar-refractivity contribution in [2.45, 2.75) is 19.8 Å². The molecular formula is C6H17NO2. The zero-order chi connectivity index (χ0) is 6.24. The number of unbranched alkanes of at least 4 members (excludes halogenated alkanes) is 1. The lowest BCUT2D eigenvalue weighted by Gasteiger charge is -1.96. The average Bonchev–Trinajstić information content (AvgIpc) is 1.81. The highest BCUT2D eigenvalue weighted by atomic mass is 16.2.